The first-order valence-electron chi connectivity index (χ1n) is 12.4. The molecule has 38 heavy (non-hydrogen) atoms. The summed E-state index contributed by atoms with van der Waals surface area (Å²) in [5, 5.41) is 2.51. The Morgan fingerprint density at radius 1 is 0.921 bits per heavy atom. The molecule has 0 saturated heterocycles. The minimum atomic E-state index is -4.15. The molecule has 0 radical (unpaired) electrons. The number of nitrogens with one attached hydrogen (secondary N) is 1. The topological polar surface area (TPSA) is 86.8 Å². The van der Waals surface area contributed by atoms with Gasteiger partial charge >= 0.3 is 0 Å². The van der Waals surface area contributed by atoms with Crippen LogP contribution in [0.5, 0.6) is 0 Å². The quantitative estimate of drug-likeness (QED) is 0.408. The lowest BCUT2D eigenvalue weighted by molar-refractivity contribution is -0.139. The number of nitrogens with zero attached hydrogens (tertiary/aromatic N) is 2. The lowest BCUT2D eigenvalue weighted by Crippen LogP contribution is -2.50. The van der Waals surface area contributed by atoms with Gasteiger partial charge in [-0.2, -0.15) is 0 Å². The summed E-state index contributed by atoms with van der Waals surface area (Å²) in [4.78, 5) is 27.5. The third kappa shape index (κ3) is 6.58. The van der Waals surface area contributed by atoms with Gasteiger partial charge in [0, 0.05) is 19.2 Å². The smallest absolute Gasteiger partial charge is 0.264 e. The van der Waals surface area contributed by atoms with E-state index in [1.54, 1.807) is 30.3 Å². The normalized spacial score (nSPS) is 12.2. The predicted molar refractivity (Wildman–Crippen MR) is 147 cm³/mol. The van der Waals surface area contributed by atoms with E-state index in [9.17, 15) is 22.4 Å². The number of aryl methyl sites for hydroxylation is 1. The number of carbonyl (C=O) groups excluding carboxylic acids is 2. The highest BCUT2D eigenvalue weighted by Crippen LogP contribution is 2.27. The number of rotatable bonds is 10. The maximum Gasteiger partial charge on any atom is 0.264 e. The molecule has 0 aliphatic rings. The molecular weight excluding hydrogens is 505 g/mol. The first kappa shape index (κ1) is 28.8. The van der Waals surface area contributed by atoms with Gasteiger partial charge in [-0.05, 0) is 55.7 Å². The Morgan fingerprint density at radius 3 is 2.08 bits per heavy atom. The van der Waals surface area contributed by atoms with Gasteiger partial charge in [0.1, 0.15) is 18.4 Å². The molecule has 3 aromatic carbocycles. The van der Waals surface area contributed by atoms with Crippen LogP contribution in [0.1, 0.15) is 43.4 Å². The molecule has 7 nitrogen and oxygen atoms in total. The van der Waals surface area contributed by atoms with Gasteiger partial charge < -0.3 is 10.2 Å². The van der Waals surface area contributed by atoms with E-state index in [1.807, 2.05) is 32.9 Å². The molecule has 0 saturated carbocycles. The summed E-state index contributed by atoms with van der Waals surface area (Å²) >= 11 is 0. The second-order valence-electron chi connectivity index (χ2n) is 9.47. The lowest BCUT2D eigenvalue weighted by Gasteiger charge is -2.32. The highest BCUT2D eigenvalue weighted by atomic mass is 32.2. The zero-order valence-corrected chi connectivity index (χ0v) is 23.1. The van der Waals surface area contributed by atoms with Crippen LogP contribution in [0, 0.1) is 12.7 Å². The second kappa shape index (κ2) is 12.2. The van der Waals surface area contributed by atoms with Crippen molar-refractivity contribution < 1.29 is 22.4 Å². The SMILES string of the molecule is CNC(=O)C(C)N(Cc1ccccc1F)C(=O)CN(c1ccc(C(C)C)cc1)S(=O)(=O)c1ccc(C)cc1. The van der Waals surface area contributed by atoms with Gasteiger partial charge in [-0.25, -0.2) is 12.8 Å². The predicted octanol–water partition coefficient (Wildman–Crippen LogP) is 4.62. The average molecular weight is 540 g/mol. The number of benzene rings is 3. The lowest BCUT2D eigenvalue weighted by atomic mass is 10.0. The number of carbonyl (C=O) groups is 2. The molecule has 1 N–H and O–H groups in total. The molecule has 3 rings (SSSR count). The van der Waals surface area contributed by atoms with Crippen LogP contribution in [0.2, 0.25) is 0 Å². The zero-order valence-electron chi connectivity index (χ0n) is 22.3. The van der Waals surface area contributed by atoms with Gasteiger partial charge in [0.2, 0.25) is 11.8 Å². The number of anilines is 1. The van der Waals surface area contributed by atoms with Crippen molar-refractivity contribution in [3.63, 3.8) is 0 Å². The minimum absolute atomic E-state index is 0.0313. The molecule has 0 fully saturated rings. The Balaban J connectivity index is 2.05. The van der Waals surface area contributed by atoms with E-state index in [1.165, 1.54) is 49.2 Å². The van der Waals surface area contributed by atoms with E-state index < -0.39 is 40.2 Å². The van der Waals surface area contributed by atoms with E-state index in [0.717, 1.165) is 15.4 Å². The van der Waals surface area contributed by atoms with Crippen molar-refractivity contribution in [3.8, 4) is 0 Å². The van der Waals surface area contributed by atoms with Crippen LogP contribution in [-0.4, -0.2) is 44.8 Å². The Bertz CT molecular complexity index is 1370. The number of hydrogen-bond donors (Lipinski definition) is 1. The van der Waals surface area contributed by atoms with Gasteiger partial charge in [0.05, 0.1) is 10.6 Å². The molecule has 1 unspecified atom stereocenters. The second-order valence-corrected chi connectivity index (χ2v) is 11.3. The number of hydrogen-bond acceptors (Lipinski definition) is 4. The summed E-state index contributed by atoms with van der Waals surface area (Å²) in [6.07, 6.45) is 0. The number of halogens is 1. The summed E-state index contributed by atoms with van der Waals surface area (Å²) < 4.78 is 43.1. The van der Waals surface area contributed by atoms with E-state index in [-0.39, 0.29) is 22.9 Å². The summed E-state index contributed by atoms with van der Waals surface area (Å²) in [6.45, 7) is 6.65. The van der Waals surface area contributed by atoms with E-state index in [4.69, 9.17) is 0 Å². The molecule has 202 valence electrons. The maximum atomic E-state index is 14.5. The third-order valence-corrected chi connectivity index (χ3v) is 8.24. The Kier molecular flexibility index (Phi) is 9.27. The van der Waals surface area contributed by atoms with Crippen LogP contribution < -0.4 is 9.62 Å². The van der Waals surface area contributed by atoms with Crippen molar-refractivity contribution in [2.75, 3.05) is 17.9 Å². The highest BCUT2D eigenvalue weighted by molar-refractivity contribution is 7.92. The molecule has 0 aliphatic heterocycles. The van der Waals surface area contributed by atoms with Crippen LogP contribution in [-0.2, 0) is 26.2 Å². The molecule has 0 heterocycles. The molecule has 2 amide bonds. The molecule has 0 aliphatic carbocycles. The molecule has 0 spiro atoms. The van der Waals surface area contributed by atoms with E-state index >= 15 is 0 Å². The number of sulfonamides is 1. The van der Waals surface area contributed by atoms with Crippen LogP contribution in [0.3, 0.4) is 0 Å². The van der Waals surface area contributed by atoms with Crippen molar-refractivity contribution in [2.45, 2.75) is 51.1 Å². The fourth-order valence-electron chi connectivity index (χ4n) is 3.99. The van der Waals surface area contributed by atoms with Crippen LogP contribution in [0.4, 0.5) is 10.1 Å². The summed E-state index contributed by atoms with van der Waals surface area (Å²) in [7, 11) is -2.71. The van der Waals surface area contributed by atoms with Crippen molar-refractivity contribution >= 4 is 27.5 Å². The van der Waals surface area contributed by atoms with E-state index in [2.05, 4.69) is 5.32 Å². The molecule has 3 aromatic rings. The molecule has 1 atom stereocenters. The van der Waals surface area contributed by atoms with Crippen molar-refractivity contribution in [1.29, 1.82) is 0 Å². The van der Waals surface area contributed by atoms with Gasteiger partial charge in [0.25, 0.3) is 10.0 Å². The Morgan fingerprint density at radius 2 is 1.53 bits per heavy atom. The summed E-state index contributed by atoms with van der Waals surface area (Å²) in [5.74, 6) is -1.39. The Hall–Kier alpha value is -3.72. The minimum Gasteiger partial charge on any atom is -0.357 e. The fraction of sp³-hybridized carbons (Fsp3) is 0.310. The largest absolute Gasteiger partial charge is 0.357 e. The summed E-state index contributed by atoms with van der Waals surface area (Å²) in [6, 6.07) is 18.3. The molecular formula is C29H34FN3O4S. The van der Waals surface area contributed by atoms with Crippen LogP contribution >= 0.6 is 0 Å². The average Bonchev–Trinajstić information content (AvgIpc) is 2.90. The van der Waals surface area contributed by atoms with Gasteiger partial charge in [-0.15, -0.1) is 0 Å². The van der Waals surface area contributed by atoms with Crippen molar-refractivity contribution in [1.82, 2.24) is 10.2 Å². The standard InChI is InChI=1S/C29H34FN3O4S/c1-20(2)23-12-14-25(15-13-23)33(38(36,37)26-16-10-21(3)11-17-26)19-28(34)32(22(4)29(35)31-5)18-24-8-6-7-9-27(24)30/h6-17,20,22H,18-19H2,1-5H3,(H,31,35). The highest BCUT2D eigenvalue weighted by Gasteiger charge is 2.32. The summed E-state index contributed by atoms with van der Waals surface area (Å²) in [5.41, 5.74) is 2.43. The zero-order chi connectivity index (χ0) is 28.0. The number of amides is 2. The number of likely N-dealkylation sites (N-methyl/N-ethyl adjacent to an activating group) is 1. The van der Waals surface area contributed by atoms with Crippen molar-refractivity contribution in [3.05, 3.63) is 95.3 Å². The first-order chi connectivity index (χ1) is 17.9. The van der Waals surface area contributed by atoms with Crippen LogP contribution in [0.15, 0.2) is 77.7 Å². The van der Waals surface area contributed by atoms with Gasteiger partial charge in [-0.3, -0.25) is 13.9 Å². The van der Waals surface area contributed by atoms with Gasteiger partial charge in [0.15, 0.2) is 0 Å². The molecule has 0 bridgehead atoms. The molecule has 0 aromatic heterocycles. The van der Waals surface area contributed by atoms with Crippen LogP contribution in [0.25, 0.3) is 0 Å². The third-order valence-electron chi connectivity index (χ3n) is 6.45. The first-order valence-corrected chi connectivity index (χ1v) is 13.8. The monoisotopic (exact) mass is 539 g/mol. The Labute approximate surface area is 224 Å². The van der Waals surface area contributed by atoms with Crippen molar-refractivity contribution in [2.24, 2.45) is 0 Å². The van der Waals surface area contributed by atoms with E-state index in [0.29, 0.717) is 5.69 Å². The maximum absolute atomic E-state index is 14.5. The molecule has 9 heteroatoms. The van der Waals surface area contributed by atoms with Gasteiger partial charge in [-0.1, -0.05) is 61.9 Å². The fourth-order valence-corrected chi connectivity index (χ4v) is 5.41.